The number of amides is 1. The van der Waals surface area contributed by atoms with Crippen molar-refractivity contribution in [1.82, 2.24) is 19.7 Å². The van der Waals surface area contributed by atoms with Crippen LogP contribution in [0.5, 0.6) is 0 Å². The third-order valence-electron chi connectivity index (χ3n) is 6.70. The van der Waals surface area contributed by atoms with E-state index in [9.17, 15) is 18.0 Å². The van der Waals surface area contributed by atoms with Crippen LogP contribution in [0.25, 0.3) is 0 Å². The molecule has 4 rings (SSSR count). The lowest BCUT2D eigenvalue weighted by Gasteiger charge is -2.33. The van der Waals surface area contributed by atoms with Crippen molar-refractivity contribution in [1.29, 1.82) is 0 Å². The molecule has 1 amide bonds. The third-order valence-corrected chi connectivity index (χ3v) is 6.70. The Morgan fingerprint density at radius 1 is 1.15 bits per heavy atom. The van der Waals surface area contributed by atoms with E-state index in [0.717, 1.165) is 32.0 Å². The number of nitrogens with one attached hydrogen (secondary N) is 1. The number of allylic oxidation sites excluding steroid dienone is 3. The van der Waals surface area contributed by atoms with Gasteiger partial charge in [0.1, 0.15) is 5.70 Å². The number of aromatic nitrogens is 1. The molecule has 1 fully saturated rings. The van der Waals surface area contributed by atoms with Gasteiger partial charge in [-0.2, -0.15) is 13.2 Å². The van der Waals surface area contributed by atoms with Crippen LogP contribution >= 0.6 is 0 Å². The van der Waals surface area contributed by atoms with Gasteiger partial charge in [-0.3, -0.25) is 19.7 Å². The van der Waals surface area contributed by atoms with Crippen molar-refractivity contribution >= 4 is 17.8 Å². The smallest absolute Gasteiger partial charge is 0.322 e. The van der Waals surface area contributed by atoms with E-state index in [4.69, 9.17) is 0 Å². The lowest BCUT2D eigenvalue weighted by atomic mass is 10.0. The summed E-state index contributed by atoms with van der Waals surface area (Å²) in [5.74, 6) is 5.44. The summed E-state index contributed by atoms with van der Waals surface area (Å²) in [6.45, 7) is 9.29. The molecule has 10 heteroatoms. The first-order valence-electron chi connectivity index (χ1n) is 13.4. The molecule has 214 valence electrons. The summed E-state index contributed by atoms with van der Waals surface area (Å²) < 4.78 is 41.8. The van der Waals surface area contributed by atoms with Gasteiger partial charge in [0.05, 0.1) is 29.2 Å². The largest absolute Gasteiger partial charge is 0.416 e. The molecular weight excluding hydrogens is 529 g/mol. The van der Waals surface area contributed by atoms with Crippen LogP contribution in [0.15, 0.2) is 78.1 Å². The van der Waals surface area contributed by atoms with Crippen LogP contribution in [0.4, 0.5) is 18.9 Å². The molecule has 1 saturated heterocycles. The van der Waals surface area contributed by atoms with Gasteiger partial charge in [0.2, 0.25) is 0 Å². The van der Waals surface area contributed by atoms with E-state index in [-0.39, 0.29) is 23.4 Å². The van der Waals surface area contributed by atoms with E-state index >= 15 is 0 Å². The summed E-state index contributed by atoms with van der Waals surface area (Å²) in [6, 6.07) is 5.47. The van der Waals surface area contributed by atoms with Crippen molar-refractivity contribution in [3.8, 4) is 11.8 Å². The first-order chi connectivity index (χ1) is 19.6. The molecule has 2 aromatic rings. The minimum Gasteiger partial charge on any atom is -0.322 e. The molecule has 0 bridgehead atoms. The van der Waals surface area contributed by atoms with Gasteiger partial charge in [0.15, 0.2) is 0 Å². The van der Waals surface area contributed by atoms with Crippen molar-refractivity contribution in [2.75, 3.05) is 38.5 Å². The number of carbonyl (C=O) groups is 1. The van der Waals surface area contributed by atoms with Crippen LogP contribution < -0.4 is 5.32 Å². The van der Waals surface area contributed by atoms with Gasteiger partial charge in [-0.15, -0.1) is 0 Å². The number of anilines is 1. The Bertz CT molecular complexity index is 1430. The predicted molar refractivity (Wildman–Crippen MR) is 155 cm³/mol. The number of pyridine rings is 1. The number of rotatable bonds is 7. The Morgan fingerprint density at radius 2 is 1.93 bits per heavy atom. The van der Waals surface area contributed by atoms with Gasteiger partial charge >= 0.3 is 6.18 Å². The van der Waals surface area contributed by atoms with Gasteiger partial charge in [-0.1, -0.05) is 38.0 Å². The van der Waals surface area contributed by atoms with Gasteiger partial charge in [0.25, 0.3) is 5.91 Å². The van der Waals surface area contributed by atoms with Gasteiger partial charge in [-0.05, 0) is 43.2 Å². The maximum atomic E-state index is 13.9. The van der Waals surface area contributed by atoms with Gasteiger partial charge in [0, 0.05) is 62.6 Å². The number of unbranched alkanes of at least 4 members (excludes halogenated alkanes) is 1. The van der Waals surface area contributed by atoms with Gasteiger partial charge in [-0.25, -0.2) is 0 Å². The van der Waals surface area contributed by atoms with Crippen molar-refractivity contribution in [3.05, 3.63) is 95.4 Å². The predicted octanol–water partition coefficient (Wildman–Crippen LogP) is 5.51. The summed E-state index contributed by atoms with van der Waals surface area (Å²) in [5, 5.41) is 2.57. The number of halogens is 3. The lowest BCUT2D eigenvalue weighted by molar-refractivity contribution is -0.138. The van der Waals surface area contributed by atoms with Crippen molar-refractivity contribution in [2.24, 2.45) is 4.99 Å². The molecule has 0 aliphatic carbocycles. The minimum atomic E-state index is -4.55. The zero-order valence-corrected chi connectivity index (χ0v) is 23.2. The van der Waals surface area contributed by atoms with Crippen LogP contribution in [-0.2, 0) is 12.7 Å². The second kappa shape index (κ2) is 13.4. The van der Waals surface area contributed by atoms with E-state index < -0.39 is 17.6 Å². The third kappa shape index (κ3) is 8.16. The second-order valence-electron chi connectivity index (χ2n) is 9.94. The number of aliphatic imine (C=N–C) groups is 1. The summed E-state index contributed by atoms with van der Waals surface area (Å²) in [5.41, 5.74) is 1.40. The Morgan fingerprint density at radius 3 is 2.66 bits per heavy atom. The summed E-state index contributed by atoms with van der Waals surface area (Å²) in [7, 11) is 2.00. The van der Waals surface area contributed by atoms with Gasteiger partial charge < -0.3 is 15.1 Å². The summed E-state index contributed by atoms with van der Waals surface area (Å²) in [4.78, 5) is 27.2. The highest BCUT2D eigenvalue weighted by molar-refractivity contribution is 6.04. The number of piperazine rings is 1. The molecule has 0 radical (unpaired) electrons. The zero-order valence-electron chi connectivity index (χ0n) is 23.2. The van der Waals surface area contributed by atoms with E-state index in [1.807, 2.05) is 29.1 Å². The topological polar surface area (TPSA) is 64.1 Å². The number of likely N-dealkylation sites (N-methyl/N-ethyl adjacent to an activating group) is 1. The first-order valence-corrected chi connectivity index (χ1v) is 13.4. The second-order valence-corrected chi connectivity index (χ2v) is 9.94. The fraction of sp³-hybridized carbons (Fsp3) is 0.323. The van der Waals surface area contributed by atoms with Crippen LogP contribution in [0.2, 0.25) is 0 Å². The summed E-state index contributed by atoms with van der Waals surface area (Å²) >= 11 is 0. The average Bonchev–Trinajstić information content (AvgIpc) is 2.94. The van der Waals surface area contributed by atoms with Crippen LogP contribution in [0.3, 0.4) is 0 Å². The fourth-order valence-electron chi connectivity index (χ4n) is 4.36. The zero-order chi connectivity index (χ0) is 29.4. The van der Waals surface area contributed by atoms with Crippen LogP contribution in [0, 0.1) is 11.8 Å². The molecule has 0 saturated carbocycles. The Balaban J connectivity index is 1.49. The molecule has 7 nitrogen and oxygen atoms in total. The number of alkyl halides is 3. The van der Waals surface area contributed by atoms with E-state index in [2.05, 4.69) is 45.5 Å². The Labute approximate surface area is 238 Å². The number of benzene rings is 1. The number of carbonyl (C=O) groups excluding carboxylic acids is 1. The molecule has 3 heterocycles. The van der Waals surface area contributed by atoms with Crippen LogP contribution in [0.1, 0.15) is 46.8 Å². The molecule has 2 aliphatic rings. The number of nitrogens with zero attached hydrogens (tertiary/aromatic N) is 5. The molecule has 0 unspecified atom stereocenters. The molecular formula is C31H33F3N6O. The van der Waals surface area contributed by atoms with E-state index in [1.165, 1.54) is 24.5 Å². The first kappa shape index (κ1) is 29.8. The lowest BCUT2D eigenvalue weighted by Crippen LogP contribution is -2.44. The molecule has 0 atom stereocenters. The molecule has 1 aromatic carbocycles. The molecule has 1 aromatic heterocycles. The molecule has 41 heavy (non-hydrogen) atoms. The quantitative estimate of drug-likeness (QED) is 0.451. The number of hydrogen-bond acceptors (Lipinski definition) is 6. The highest BCUT2D eigenvalue weighted by Crippen LogP contribution is 2.34. The average molecular weight is 563 g/mol. The SMILES string of the molecule is C=C1C=NC=C(C#Cc2cncc(C(=O)Nc3ccc(CN4CCN(C)CC4)c(C(F)(F)F)c3)c2)N1/C=C\CCC. The Hall–Kier alpha value is -4.20. The van der Waals surface area contributed by atoms with E-state index in [1.54, 1.807) is 18.5 Å². The molecule has 1 N–H and O–H groups in total. The number of hydrogen-bond donors (Lipinski definition) is 1. The fourth-order valence-corrected chi connectivity index (χ4v) is 4.36. The Kier molecular flexibility index (Phi) is 9.76. The van der Waals surface area contributed by atoms with Crippen molar-refractivity contribution < 1.29 is 18.0 Å². The normalized spacial score (nSPS) is 16.5. The monoisotopic (exact) mass is 562 g/mol. The summed E-state index contributed by atoms with van der Waals surface area (Å²) in [6.07, 6.45) is 7.39. The van der Waals surface area contributed by atoms with Crippen molar-refractivity contribution in [3.63, 3.8) is 0 Å². The van der Waals surface area contributed by atoms with Crippen LogP contribution in [-0.4, -0.2) is 65.0 Å². The highest BCUT2D eigenvalue weighted by atomic mass is 19.4. The van der Waals surface area contributed by atoms with Crippen molar-refractivity contribution in [2.45, 2.75) is 32.5 Å². The molecule has 0 spiro atoms. The maximum absolute atomic E-state index is 13.9. The maximum Gasteiger partial charge on any atom is 0.416 e. The molecule has 2 aliphatic heterocycles. The highest BCUT2D eigenvalue weighted by Gasteiger charge is 2.34. The minimum absolute atomic E-state index is 0.0548. The van der Waals surface area contributed by atoms with E-state index in [0.29, 0.717) is 30.0 Å². The standard InChI is InChI=1S/C31H33F3N6O/c1-4-5-6-11-40-23(2)18-35-21-28(40)10-7-24-16-26(20-36-19-24)30(41)37-27-9-8-25(29(17-27)31(32,33)34)22-39-14-12-38(3)13-15-39/h6,8-9,11,16-21H,2,4-5,12-15,22H2,1,3H3,(H,37,41)/b11-6-.